The van der Waals surface area contributed by atoms with E-state index >= 15 is 0 Å². The first kappa shape index (κ1) is 24.0. The molecule has 4 rings (SSSR count). The van der Waals surface area contributed by atoms with Crippen LogP contribution in [0.15, 0.2) is 66.5 Å². The molecule has 1 amide bonds. The molecule has 0 radical (unpaired) electrons. The highest BCUT2D eigenvalue weighted by Gasteiger charge is 2.47. The van der Waals surface area contributed by atoms with Gasteiger partial charge in [0.2, 0.25) is 0 Å². The first-order chi connectivity index (χ1) is 16.7. The molecule has 2 N–H and O–H groups in total. The molecule has 1 unspecified atom stereocenters. The number of carbonyl (C=O) groups excluding carboxylic acids is 2. The summed E-state index contributed by atoms with van der Waals surface area (Å²) in [5.74, 6) is -1.08. The number of Topliss-reactive ketones (excluding diaryl/α,β-unsaturated/α-hetero) is 1. The third-order valence-electron chi connectivity index (χ3n) is 5.86. The second kappa shape index (κ2) is 9.62. The van der Waals surface area contributed by atoms with Crippen molar-refractivity contribution in [3.05, 3.63) is 88.8 Å². The van der Waals surface area contributed by atoms with E-state index in [-0.39, 0.29) is 22.8 Å². The average molecular weight is 473 g/mol. The Kier molecular flexibility index (Phi) is 6.60. The third-order valence-corrected chi connectivity index (χ3v) is 5.86. The maximum Gasteiger partial charge on any atom is 0.300 e. The van der Waals surface area contributed by atoms with Crippen LogP contribution in [0, 0.1) is 19.8 Å². The molecule has 0 saturated carbocycles. The monoisotopic (exact) mass is 472 g/mol. The molecule has 7 heteroatoms. The molecule has 35 heavy (non-hydrogen) atoms. The van der Waals surface area contributed by atoms with Gasteiger partial charge in [-0.3, -0.25) is 19.5 Å². The number of hydrogen-bond acceptors (Lipinski definition) is 6. The number of rotatable bonds is 6. The number of carbonyl (C=O) groups is 2. The minimum Gasteiger partial charge on any atom is -0.507 e. The quantitative estimate of drug-likeness (QED) is 0.295. The lowest BCUT2D eigenvalue weighted by Crippen LogP contribution is -2.29. The summed E-state index contributed by atoms with van der Waals surface area (Å²) in [5, 5.41) is 21.9. The van der Waals surface area contributed by atoms with Crippen LogP contribution >= 0.6 is 0 Å². The van der Waals surface area contributed by atoms with Crippen molar-refractivity contribution < 1.29 is 24.5 Å². The smallest absolute Gasteiger partial charge is 0.300 e. The Hall–Kier alpha value is -4.13. The molecule has 0 aliphatic carbocycles. The standard InChI is InChI=1S/C28H28N2O5/c1-16(2)15-35-23-10-8-19(13-18(23)4)26(32)24-25(20-6-5-11-29-14-20)30(28(34)27(24)33)21-12-17(3)7-9-22(21)31/h5-14,16,25,31-32H,15H2,1-4H3/b26-24-. The van der Waals surface area contributed by atoms with Gasteiger partial charge < -0.3 is 14.9 Å². The zero-order chi connectivity index (χ0) is 25.3. The lowest BCUT2D eigenvalue weighted by molar-refractivity contribution is -0.132. The van der Waals surface area contributed by atoms with Crippen LogP contribution in [0.5, 0.6) is 11.5 Å². The van der Waals surface area contributed by atoms with Crippen LogP contribution < -0.4 is 9.64 Å². The molecule has 2 heterocycles. The van der Waals surface area contributed by atoms with Crippen molar-refractivity contribution in [1.29, 1.82) is 0 Å². The highest BCUT2D eigenvalue weighted by molar-refractivity contribution is 6.51. The van der Waals surface area contributed by atoms with E-state index < -0.39 is 17.7 Å². The summed E-state index contributed by atoms with van der Waals surface area (Å²) in [6.45, 7) is 8.34. The van der Waals surface area contributed by atoms with E-state index in [1.54, 1.807) is 48.7 Å². The number of anilines is 1. The number of benzene rings is 2. The van der Waals surface area contributed by atoms with Crippen LogP contribution in [0.1, 0.15) is 42.1 Å². The summed E-state index contributed by atoms with van der Waals surface area (Å²) >= 11 is 0. The molecule has 180 valence electrons. The van der Waals surface area contributed by atoms with Crippen molar-refractivity contribution in [2.24, 2.45) is 5.92 Å². The van der Waals surface area contributed by atoms with Crippen LogP contribution in [0.25, 0.3) is 5.76 Å². The molecule has 2 aromatic carbocycles. The van der Waals surface area contributed by atoms with E-state index in [0.717, 1.165) is 11.1 Å². The summed E-state index contributed by atoms with van der Waals surface area (Å²) in [6, 6.07) is 12.4. The van der Waals surface area contributed by atoms with Gasteiger partial charge in [-0.15, -0.1) is 0 Å². The maximum absolute atomic E-state index is 13.3. The van der Waals surface area contributed by atoms with E-state index in [1.807, 2.05) is 13.8 Å². The number of phenolic OH excluding ortho intramolecular Hbond substituents is 1. The van der Waals surface area contributed by atoms with E-state index in [1.165, 1.54) is 17.2 Å². The maximum atomic E-state index is 13.3. The van der Waals surface area contributed by atoms with Crippen LogP contribution in [0.2, 0.25) is 0 Å². The molecule has 1 fully saturated rings. The van der Waals surface area contributed by atoms with Gasteiger partial charge in [0.25, 0.3) is 11.7 Å². The lowest BCUT2D eigenvalue weighted by atomic mass is 9.95. The summed E-state index contributed by atoms with van der Waals surface area (Å²) in [4.78, 5) is 31.9. The molecular formula is C28H28N2O5. The molecule has 1 aliphatic rings. The van der Waals surface area contributed by atoms with Crippen LogP contribution in [-0.4, -0.2) is 33.5 Å². The molecule has 0 bridgehead atoms. The van der Waals surface area contributed by atoms with Gasteiger partial charge in [-0.1, -0.05) is 26.0 Å². The molecule has 7 nitrogen and oxygen atoms in total. The van der Waals surface area contributed by atoms with Crippen LogP contribution in [0.4, 0.5) is 5.69 Å². The predicted molar refractivity (Wildman–Crippen MR) is 133 cm³/mol. The van der Waals surface area contributed by atoms with E-state index in [4.69, 9.17) is 4.74 Å². The Labute approximate surface area is 204 Å². The van der Waals surface area contributed by atoms with Gasteiger partial charge in [-0.25, -0.2) is 0 Å². The number of aromatic hydroxyl groups is 1. The number of hydrogen-bond donors (Lipinski definition) is 2. The highest BCUT2D eigenvalue weighted by Crippen LogP contribution is 2.45. The number of aliphatic hydroxyl groups excluding tert-OH is 1. The largest absolute Gasteiger partial charge is 0.507 e. The Balaban J connectivity index is 1.86. The number of nitrogens with zero attached hydrogens (tertiary/aromatic N) is 2. The highest BCUT2D eigenvalue weighted by atomic mass is 16.5. The number of pyridine rings is 1. The van der Waals surface area contributed by atoms with Gasteiger partial charge in [-0.05, 0) is 72.9 Å². The van der Waals surface area contributed by atoms with Gasteiger partial charge in [0.1, 0.15) is 17.3 Å². The zero-order valence-corrected chi connectivity index (χ0v) is 20.1. The van der Waals surface area contributed by atoms with Crippen LogP contribution in [0.3, 0.4) is 0 Å². The van der Waals surface area contributed by atoms with E-state index in [2.05, 4.69) is 18.8 Å². The second-order valence-corrected chi connectivity index (χ2v) is 9.13. The topological polar surface area (TPSA) is 100.0 Å². The van der Waals surface area contributed by atoms with Gasteiger partial charge in [0.15, 0.2) is 0 Å². The van der Waals surface area contributed by atoms with Gasteiger partial charge in [-0.2, -0.15) is 0 Å². The fourth-order valence-electron chi connectivity index (χ4n) is 4.13. The fraction of sp³-hybridized carbons (Fsp3) is 0.250. The number of aromatic nitrogens is 1. The number of aliphatic hydroxyl groups is 1. The van der Waals surface area contributed by atoms with Gasteiger partial charge in [0.05, 0.1) is 23.9 Å². The minimum absolute atomic E-state index is 0.0702. The summed E-state index contributed by atoms with van der Waals surface area (Å²) in [7, 11) is 0. The number of phenols is 1. The average Bonchev–Trinajstić information content (AvgIpc) is 3.10. The first-order valence-electron chi connectivity index (χ1n) is 11.4. The van der Waals surface area contributed by atoms with Crippen molar-refractivity contribution in [3.8, 4) is 11.5 Å². The molecule has 0 spiro atoms. The van der Waals surface area contributed by atoms with Crippen molar-refractivity contribution in [2.75, 3.05) is 11.5 Å². The van der Waals surface area contributed by atoms with Crippen molar-refractivity contribution in [1.82, 2.24) is 4.98 Å². The number of amides is 1. The van der Waals surface area contributed by atoms with E-state index in [9.17, 15) is 19.8 Å². The predicted octanol–water partition coefficient (Wildman–Crippen LogP) is 5.07. The Morgan fingerprint density at radius 2 is 1.89 bits per heavy atom. The minimum atomic E-state index is -0.964. The molecule has 1 aromatic heterocycles. The normalized spacial score (nSPS) is 17.3. The Morgan fingerprint density at radius 1 is 1.11 bits per heavy atom. The number of ketones is 1. The lowest BCUT2D eigenvalue weighted by Gasteiger charge is -2.26. The number of ether oxygens (including phenoxy) is 1. The van der Waals surface area contributed by atoms with Gasteiger partial charge in [0, 0.05) is 18.0 Å². The molecule has 1 saturated heterocycles. The third kappa shape index (κ3) is 4.62. The number of aryl methyl sites for hydroxylation is 2. The van der Waals surface area contributed by atoms with Crippen LogP contribution in [-0.2, 0) is 9.59 Å². The van der Waals surface area contributed by atoms with E-state index in [0.29, 0.717) is 29.4 Å². The summed E-state index contributed by atoms with van der Waals surface area (Å²) < 4.78 is 5.82. The first-order valence-corrected chi connectivity index (χ1v) is 11.4. The van der Waals surface area contributed by atoms with Crippen molar-refractivity contribution in [3.63, 3.8) is 0 Å². The van der Waals surface area contributed by atoms with Crippen molar-refractivity contribution >= 4 is 23.1 Å². The zero-order valence-electron chi connectivity index (χ0n) is 20.1. The second-order valence-electron chi connectivity index (χ2n) is 9.13. The molecular weight excluding hydrogens is 444 g/mol. The fourth-order valence-corrected chi connectivity index (χ4v) is 4.13. The molecule has 3 aromatic rings. The molecule has 1 atom stereocenters. The summed E-state index contributed by atoms with van der Waals surface area (Å²) in [5.41, 5.74) is 2.63. The van der Waals surface area contributed by atoms with Crippen molar-refractivity contribution in [2.45, 2.75) is 33.7 Å². The van der Waals surface area contributed by atoms with Gasteiger partial charge >= 0.3 is 0 Å². The molecule has 1 aliphatic heterocycles. The Bertz CT molecular complexity index is 1310. The SMILES string of the molecule is Cc1ccc(O)c(N2C(=O)C(=O)/C(=C(\O)c3ccc(OCC(C)C)c(C)c3)C2c2cccnc2)c1. The Morgan fingerprint density at radius 3 is 2.54 bits per heavy atom. The summed E-state index contributed by atoms with van der Waals surface area (Å²) in [6.07, 6.45) is 3.12.